The first kappa shape index (κ1) is 19.6. The number of amides is 1. The summed E-state index contributed by atoms with van der Waals surface area (Å²) in [5, 5.41) is 11.7. The highest BCUT2D eigenvalue weighted by molar-refractivity contribution is 6.03. The lowest BCUT2D eigenvalue weighted by Crippen LogP contribution is -2.25. The Hall–Kier alpha value is -3.15. The molecule has 0 radical (unpaired) electrons. The van der Waals surface area contributed by atoms with Crippen molar-refractivity contribution >= 4 is 17.4 Å². The number of ether oxygens (including phenoxy) is 1. The number of benzene rings is 1. The van der Waals surface area contributed by atoms with Gasteiger partial charge < -0.3 is 15.2 Å². The van der Waals surface area contributed by atoms with Gasteiger partial charge in [-0.25, -0.2) is 9.18 Å². The van der Waals surface area contributed by atoms with Crippen LogP contribution in [0.1, 0.15) is 38.2 Å². The van der Waals surface area contributed by atoms with Crippen molar-refractivity contribution < 1.29 is 23.8 Å². The normalized spacial score (nSPS) is 16.7. The second-order valence-corrected chi connectivity index (χ2v) is 6.55. The van der Waals surface area contributed by atoms with Gasteiger partial charge >= 0.3 is 5.97 Å². The molecular weight excluding hydrogens is 361 g/mol. The molecule has 0 unspecified atom stereocenters. The van der Waals surface area contributed by atoms with E-state index in [0.717, 1.165) is 16.9 Å². The predicted molar refractivity (Wildman–Crippen MR) is 104 cm³/mol. The molecule has 1 amide bonds. The van der Waals surface area contributed by atoms with E-state index in [-0.39, 0.29) is 23.3 Å². The molecule has 0 bridgehead atoms. The number of carboxylic acid groups (broad SMARTS) is 1. The monoisotopic (exact) mass is 383 g/mol. The summed E-state index contributed by atoms with van der Waals surface area (Å²) in [6.07, 6.45) is 6.37. The van der Waals surface area contributed by atoms with Crippen molar-refractivity contribution in [2.45, 2.75) is 32.6 Å². The van der Waals surface area contributed by atoms with Gasteiger partial charge in [0, 0.05) is 17.6 Å². The highest BCUT2D eigenvalue weighted by atomic mass is 19.1. The van der Waals surface area contributed by atoms with Gasteiger partial charge in [0.25, 0.3) is 5.91 Å². The van der Waals surface area contributed by atoms with Gasteiger partial charge in [0.05, 0.1) is 12.3 Å². The number of halogens is 1. The summed E-state index contributed by atoms with van der Waals surface area (Å²) in [6.45, 7) is 2.46. The second kappa shape index (κ2) is 8.69. The summed E-state index contributed by atoms with van der Waals surface area (Å²) in [6, 6.07) is 7.51. The maximum atomic E-state index is 14.5. The maximum absolute atomic E-state index is 14.5. The first-order valence-corrected chi connectivity index (χ1v) is 9.26. The molecule has 5 nitrogen and oxygen atoms in total. The van der Waals surface area contributed by atoms with Crippen molar-refractivity contribution in [1.29, 1.82) is 0 Å². The van der Waals surface area contributed by atoms with Crippen LogP contribution in [0, 0.1) is 0 Å². The predicted octanol–water partition coefficient (Wildman–Crippen LogP) is 4.29. The van der Waals surface area contributed by atoms with E-state index in [1.165, 1.54) is 6.08 Å². The van der Waals surface area contributed by atoms with Crippen LogP contribution in [0.5, 0.6) is 5.75 Å². The molecule has 3 rings (SSSR count). The third-order valence-corrected chi connectivity index (χ3v) is 4.70. The smallest absolute Gasteiger partial charge is 0.332 e. The molecule has 0 saturated heterocycles. The van der Waals surface area contributed by atoms with E-state index in [4.69, 9.17) is 4.74 Å². The summed E-state index contributed by atoms with van der Waals surface area (Å²) >= 11 is 0. The van der Waals surface area contributed by atoms with E-state index in [1.807, 2.05) is 31.2 Å². The number of nitrogens with one attached hydrogen (secondary N) is 1. The van der Waals surface area contributed by atoms with Crippen LogP contribution in [0.4, 0.5) is 4.39 Å². The minimum absolute atomic E-state index is 0.0294. The lowest BCUT2D eigenvalue weighted by atomic mass is 10.0. The van der Waals surface area contributed by atoms with Gasteiger partial charge in [0.1, 0.15) is 11.6 Å². The highest BCUT2D eigenvalue weighted by Gasteiger charge is 2.26. The lowest BCUT2D eigenvalue weighted by Gasteiger charge is -2.08. The fourth-order valence-corrected chi connectivity index (χ4v) is 3.32. The van der Waals surface area contributed by atoms with E-state index in [1.54, 1.807) is 12.2 Å². The minimum Gasteiger partial charge on any atom is -0.494 e. The summed E-state index contributed by atoms with van der Waals surface area (Å²) in [4.78, 5) is 23.7. The van der Waals surface area contributed by atoms with Gasteiger partial charge in [0.2, 0.25) is 0 Å². The van der Waals surface area contributed by atoms with Crippen LogP contribution in [0.15, 0.2) is 65.2 Å². The Morgan fingerprint density at radius 1 is 1.21 bits per heavy atom. The van der Waals surface area contributed by atoms with Gasteiger partial charge in [-0.05, 0) is 55.5 Å². The quantitative estimate of drug-likeness (QED) is 0.768. The molecule has 146 valence electrons. The molecule has 0 atom stereocenters. The Morgan fingerprint density at radius 3 is 2.75 bits per heavy atom. The molecule has 1 aromatic rings. The Balaban J connectivity index is 1.78. The Bertz CT molecular complexity index is 924. The van der Waals surface area contributed by atoms with Crippen LogP contribution in [-0.4, -0.2) is 23.6 Å². The van der Waals surface area contributed by atoms with E-state index in [2.05, 4.69) is 5.32 Å². The van der Waals surface area contributed by atoms with Crippen LogP contribution < -0.4 is 10.1 Å². The fraction of sp³-hybridized carbons (Fsp3) is 0.273. The largest absolute Gasteiger partial charge is 0.494 e. The zero-order chi connectivity index (χ0) is 20.1. The number of hydrogen-bond acceptors (Lipinski definition) is 3. The molecular formula is C22H22FNO4. The Labute approximate surface area is 162 Å². The standard InChI is InChI=1S/C22H22FNO4/c1-2-28-16-6-3-5-15(13-16)14-9-11-19(23)20(12-10-14)24-21(25)17-7-4-8-18(17)22(26)27/h3,5-6,9-10,12-13H,2,4,7-8,11H2,1H3,(H,24,25)(H,26,27). The lowest BCUT2D eigenvalue weighted by molar-refractivity contribution is -0.133. The van der Waals surface area contributed by atoms with Crippen molar-refractivity contribution in [2.75, 3.05) is 6.61 Å². The van der Waals surface area contributed by atoms with Crippen LogP contribution in [0.3, 0.4) is 0 Å². The molecule has 0 fully saturated rings. The number of carboxylic acids is 1. The summed E-state index contributed by atoms with van der Waals surface area (Å²) in [5.74, 6) is -1.39. The van der Waals surface area contributed by atoms with Crippen molar-refractivity contribution in [3.63, 3.8) is 0 Å². The van der Waals surface area contributed by atoms with Gasteiger partial charge in [-0.3, -0.25) is 4.79 Å². The summed E-state index contributed by atoms with van der Waals surface area (Å²) < 4.78 is 20.0. The molecule has 0 heterocycles. The molecule has 6 heteroatoms. The molecule has 0 aliphatic heterocycles. The van der Waals surface area contributed by atoms with Crippen molar-refractivity contribution in [2.24, 2.45) is 0 Å². The molecule has 2 aliphatic rings. The fourth-order valence-electron chi connectivity index (χ4n) is 3.32. The van der Waals surface area contributed by atoms with E-state index in [9.17, 15) is 19.1 Å². The molecule has 2 N–H and O–H groups in total. The summed E-state index contributed by atoms with van der Waals surface area (Å²) in [7, 11) is 0. The van der Waals surface area contributed by atoms with E-state index < -0.39 is 17.7 Å². The third-order valence-electron chi connectivity index (χ3n) is 4.70. The second-order valence-electron chi connectivity index (χ2n) is 6.55. The first-order valence-electron chi connectivity index (χ1n) is 9.26. The molecule has 0 saturated carbocycles. The third kappa shape index (κ3) is 4.39. The number of carbonyl (C=O) groups is 2. The van der Waals surface area contributed by atoms with Crippen LogP contribution in [-0.2, 0) is 9.59 Å². The highest BCUT2D eigenvalue weighted by Crippen LogP contribution is 2.29. The van der Waals surface area contributed by atoms with Gasteiger partial charge in [-0.1, -0.05) is 24.3 Å². The number of hydrogen-bond donors (Lipinski definition) is 2. The van der Waals surface area contributed by atoms with Crippen molar-refractivity contribution in [3.8, 4) is 5.75 Å². The topological polar surface area (TPSA) is 75.6 Å². The van der Waals surface area contributed by atoms with Gasteiger partial charge in [-0.15, -0.1) is 0 Å². The first-order chi connectivity index (χ1) is 13.5. The van der Waals surface area contributed by atoms with E-state index >= 15 is 0 Å². The number of rotatable bonds is 6. The summed E-state index contributed by atoms with van der Waals surface area (Å²) in [5.41, 5.74) is 2.09. The average molecular weight is 383 g/mol. The average Bonchev–Trinajstić information content (AvgIpc) is 3.10. The maximum Gasteiger partial charge on any atom is 0.332 e. The molecule has 28 heavy (non-hydrogen) atoms. The molecule has 0 spiro atoms. The molecule has 2 aliphatic carbocycles. The van der Waals surface area contributed by atoms with Crippen molar-refractivity contribution in [3.05, 3.63) is 70.7 Å². The SMILES string of the molecule is CCOc1cccc(C2=CCC(F)=C(NC(=O)C3=C(C(=O)O)CCC3)C=C2)c1. The van der Waals surface area contributed by atoms with Crippen LogP contribution in [0.25, 0.3) is 5.57 Å². The number of carbonyl (C=O) groups excluding carboxylic acids is 1. The number of aliphatic carboxylic acids is 1. The van der Waals surface area contributed by atoms with Crippen LogP contribution >= 0.6 is 0 Å². The molecule has 0 aromatic heterocycles. The van der Waals surface area contributed by atoms with Gasteiger partial charge in [0.15, 0.2) is 0 Å². The molecule has 1 aromatic carbocycles. The zero-order valence-electron chi connectivity index (χ0n) is 15.6. The van der Waals surface area contributed by atoms with Crippen LogP contribution in [0.2, 0.25) is 0 Å². The minimum atomic E-state index is -1.09. The van der Waals surface area contributed by atoms with Crippen molar-refractivity contribution in [1.82, 2.24) is 5.32 Å². The number of allylic oxidation sites excluding steroid dienone is 5. The van der Waals surface area contributed by atoms with Gasteiger partial charge in [-0.2, -0.15) is 0 Å². The Kier molecular flexibility index (Phi) is 6.09. The Morgan fingerprint density at radius 2 is 2.00 bits per heavy atom. The van der Waals surface area contributed by atoms with E-state index in [0.29, 0.717) is 25.9 Å². The zero-order valence-corrected chi connectivity index (χ0v) is 15.6.